The van der Waals surface area contributed by atoms with E-state index in [1.807, 2.05) is 4.90 Å². The van der Waals surface area contributed by atoms with Gasteiger partial charge in [0.05, 0.1) is 36.5 Å². The van der Waals surface area contributed by atoms with E-state index in [-0.39, 0.29) is 64.8 Å². The molecule has 13 nitrogen and oxygen atoms in total. The maximum atomic E-state index is 13.8. The zero-order valence-electron chi connectivity index (χ0n) is 32.5. The van der Waals surface area contributed by atoms with Crippen LogP contribution < -0.4 is 25.2 Å². The van der Waals surface area contributed by atoms with Crippen molar-refractivity contribution in [1.82, 2.24) is 14.8 Å². The van der Waals surface area contributed by atoms with Crippen LogP contribution in [0, 0.1) is 11.3 Å². The van der Waals surface area contributed by atoms with Gasteiger partial charge < -0.3 is 20.3 Å². The lowest BCUT2D eigenvalue weighted by Gasteiger charge is -2.34. The molecule has 1 aromatic heterocycles. The van der Waals surface area contributed by atoms with Crippen LogP contribution in [0.25, 0.3) is 0 Å². The predicted molar refractivity (Wildman–Crippen MR) is 216 cm³/mol. The zero-order chi connectivity index (χ0) is 43.5. The molecule has 2 aliphatic heterocycles. The molecule has 318 valence electrons. The van der Waals surface area contributed by atoms with Crippen LogP contribution in [0.4, 0.5) is 44.7 Å². The number of pyridine rings is 1. The number of amides is 2. The van der Waals surface area contributed by atoms with Gasteiger partial charge in [0.2, 0.25) is 12.3 Å². The van der Waals surface area contributed by atoms with Crippen molar-refractivity contribution < 1.29 is 45.9 Å². The summed E-state index contributed by atoms with van der Waals surface area (Å²) in [7, 11) is 0. The Labute approximate surface area is 352 Å². The highest BCUT2D eigenvalue weighted by atomic mass is 35.5. The average Bonchev–Trinajstić information content (AvgIpc) is 3.34. The number of halogens is 6. The van der Waals surface area contributed by atoms with Gasteiger partial charge in [-0.2, -0.15) is 18.4 Å². The number of piperazine rings is 1. The van der Waals surface area contributed by atoms with E-state index in [0.717, 1.165) is 11.1 Å². The molecule has 3 fully saturated rings. The Morgan fingerprint density at radius 1 is 1.05 bits per heavy atom. The molecule has 3 aromatic rings. The second-order valence-corrected chi connectivity index (χ2v) is 15.9. The number of thiocarbonyl (C=S) groups is 1. The van der Waals surface area contributed by atoms with E-state index in [1.54, 1.807) is 18.2 Å². The molecule has 1 atom stereocenters. The molecule has 2 amide bonds. The van der Waals surface area contributed by atoms with Gasteiger partial charge in [0, 0.05) is 73.2 Å². The molecular formula is C40H40ClF5N8O5S. The third kappa shape index (κ3) is 10.2. The maximum Gasteiger partial charge on any atom is 0.419 e. The Morgan fingerprint density at radius 3 is 2.42 bits per heavy atom. The van der Waals surface area contributed by atoms with Crippen molar-refractivity contribution >= 4 is 75.1 Å². The van der Waals surface area contributed by atoms with Crippen LogP contribution >= 0.6 is 23.8 Å². The third-order valence-electron chi connectivity index (χ3n) is 10.4. The molecule has 2 aromatic carbocycles. The number of alkyl halides is 5. The van der Waals surface area contributed by atoms with Crippen LogP contribution in [-0.4, -0.2) is 107 Å². The van der Waals surface area contributed by atoms with Gasteiger partial charge in [0.15, 0.2) is 16.6 Å². The lowest BCUT2D eigenvalue weighted by atomic mass is 9.93. The van der Waals surface area contributed by atoms with Crippen molar-refractivity contribution in [3.8, 4) is 11.8 Å². The number of aromatic nitrogens is 1. The van der Waals surface area contributed by atoms with E-state index in [0.29, 0.717) is 68.0 Å². The van der Waals surface area contributed by atoms with E-state index in [4.69, 9.17) is 33.8 Å². The van der Waals surface area contributed by atoms with Crippen LogP contribution in [0.3, 0.4) is 0 Å². The molecule has 60 heavy (non-hydrogen) atoms. The first-order chi connectivity index (χ1) is 28.3. The summed E-state index contributed by atoms with van der Waals surface area (Å²) in [5.74, 6) is -1.03. The first-order valence-electron chi connectivity index (χ1n) is 18.9. The number of carbonyl (C=O) groups is 4. The van der Waals surface area contributed by atoms with Gasteiger partial charge in [-0.15, -0.1) is 0 Å². The number of carbonyl (C=O) groups excluding carboxylic acids is 4. The summed E-state index contributed by atoms with van der Waals surface area (Å²) in [5.41, 5.74) is -2.59. The minimum atomic E-state index is -4.94. The summed E-state index contributed by atoms with van der Waals surface area (Å²) >= 11 is 11.9. The van der Waals surface area contributed by atoms with E-state index in [2.05, 4.69) is 20.5 Å². The largest absolute Gasteiger partial charge is 0.492 e. The number of nitrogens with one attached hydrogen (secondary N) is 2. The molecule has 2 N–H and O–H groups in total. The van der Waals surface area contributed by atoms with Crippen LogP contribution in [0.5, 0.6) is 5.75 Å². The molecule has 1 aliphatic carbocycles. The van der Waals surface area contributed by atoms with Crippen molar-refractivity contribution in [2.75, 3.05) is 66.3 Å². The fourth-order valence-corrected chi connectivity index (χ4v) is 8.10. The molecular weight excluding hydrogens is 835 g/mol. The van der Waals surface area contributed by atoms with Gasteiger partial charge in [-0.3, -0.25) is 33.9 Å². The highest BCUT2D eigenvalue weighted by molar-refractivity contribution is 7.81. The summed E-state index contributed by atoms with van der Waals surface area (Å²) in [5, 5.41) is 15.3. The third-order valence-corrected chi connectivity index (χ3v) is 11.0. The fraction of sp³-hybridized carbons (Fsp3) is 0.425. The molecule has 6 rings (SSSR count). The Kier molecular flexibility index (Phi) is 13.4. The fourth-order valence-electron chi connectivity index (χ4n) is 7.34. The summed E-state index contributed by atoms with van der Waals surface area (Å²) in [6, 6.07) is 10.8. The number of hydrogen-bond acceptors (Lipinski definition) is 11. The van der Waals surface area contributed by atoms with Crippen molar-refractivity contribution in [2.45, 2.75) is 63.7 Å². The van der Waals surface area contributed by atoms with Crippen molar-refractivity contribution in [2.24, 2.45) is 0 Å². The molecule has 1 unspecified atom stereocenters. The molecule has 20 heteroatoms. The number of anilines is 4. The molecule has 0 spiro atoms. The predicted octanol–water partition coefficient (Wildman–Crippen LogP) is 6.09. The van der Waals surface area contributed by atoms with Crippen molar-refractivity contribution in [3.63, 3.8) is 0 Å². The van der Waals surface area contributed by atoms with E-state index < -0.39 is 47.8 Å². The second-order valence-electron chi connectivity index (χ2n) is 15.1. The van der Waals surface area contributed by atoms with Crippen molar-refractivity contribution in [3.05, 3.63) is 70.5 Å². The van der Waals surface area contributed by atoms with E-state index >= 15 is 0 Å². The average molecular weight is 875 g/mol. The molecule has 2 saturated heterocycles. The number of ketones is 2. The number of Topliss-reactive ketones (excluding diaryl/α,β-unsaturated/α-hetero) is 2. The first-order valence-corrected chi connectivity index (χ1v) is 19.7. The first kappa shape index (κ1) is 44.3. The van der Waals surface area contributed by atoms with Gasteiger partial charge in [-0.05, 0) is 75.0 Å². The minimum Gasteiger partial charge on any atom is -0.492 e. The smallest absolute Gasteiger partial charge is 0.419 e. The zero-order valence-corrected chi connectivity index (χ0v) is 34.0. The number of rotatable bonds is 13. The highest BCUT2D eigenvalue weighted by Crippen LogP contribution is 2.40. The maximum absolute atomic E-state index is 13.8. The number of nitrogens with zero attached hydrogens (tertiary/aromatic N) is 6. The molecule has 3 aliphatic rings. The van der Waals surface area contributed by atoms with Gasteiger partial charge in [-0.1, -0.05) is 11.6 Å². The summed E-state index contributed by atoms with van der Waals surface area (Å²) in [4.78, 5) is 60.4. The van der Waals surface area contributed by atoms with Gasteiger partial charge in [0.25, 0.3) is 5.91 Å². The van der Waals surface area contributed by atoms with Crippen molar-refractivity contribution in [1.29, 1.82) is 5.26 Å². The Balaban J connectivity index is 1.03. The van der Waals surface area contributed by atoms with Crippen LogP contribution in [0.15, 0.2) is 48.7 Å². The molecule has 1 saturated carbocycles. The van der Waals surface area contributed by atoms with Crippen LogP contribution in [-0.2, 0) is 31.8 Å². The second kappa shape index (κ2) is 18.1. The SMILES string of the molecule is CC1(C)C(=O)N(c2cnc(C#N)c(C(F)(F)F)c2)C(=S)N1c1ccc(OCCN2CCN(CC(=O)Nc3cc(Cl)cc(NC4CCC(=O)CC4=O)c3)CC2)c(CC(F)F)c1. The molecule has 3 heterocycles. The van der Waals surface area contributed by atoms with Gasteiger partial charge in [-0.25, -0.2) is 13.8 Å². The number of hydrogen-bond donors (Lipinski definition) is 2. The van der Waals surface area contributed by atoms with E-state index in [1.165, 1.54) is 43.0 Å². The Morgan fingerprint density at radius 2 is 1.75 bits per heavy atom. The standard InChI is InChI=1S/C40H40ClF5N8O5S/c1-39(2)37(58)53(28-18-30(40(44,45)46)32(20-47)48-21-28)38(60)54(39)27-3-6-34(23(13-27)14-35(42)43)59-12-11-51-7-9-52(10-8-51)22-36(57)50-26-16-24(41)15-25(17-26)49-31-5-4-29(55)19-33(31)56/h3,6,13,15-18,21,31,35,49H,4-5,7-12,14,19,22H2,1-2H3,(H,50,57). The minimum absolute atomic E-state index is 0.0826. The summed E-state index contributed by atoms with van der Waals surface area (Å²) in [6.07, 6.45) is -6.84. The van der Waals surface area contributed by atoms with Gasteiger partial charge in [0.1, 0.15) is 29.7 Å². The number of benzene rings is 2. The van der Waals surface area contributed by atoms with Crippen LogP contribution in [0.1, 0.15) is 49.9 Å². The number of nitriles is 1. The summed E-state index contributed by atoms with van der Waals surface area (Å²) in [6.45, 7) is 6.06. The topological polar surface area (TPSA) is 151 Å². The van der Waals surface area contributed by atoms with E-state index in [9.17, 15) is 41.1 Å². The highest BCUT2D eigenvalue weighted by Gasteiger charge is 2.51. The van der Waals surface area contributed by atoms with Crippen LogP contribution in [0.2, 0.25) is 5.02 Å². The Bertz CT molecular complexity index is 2230. The van der Waals surface area contributed by atoms with Gasteiger partial charge >= 0.3 is 6.18 Å². The number of ether oxygens (including phenoxy) is 1. The molecule has 0 bridgehead atoms. The quantitative estimate of drug-likeness (QED) is 0.116. The Hall–Kier alpha value is -5.29. The lowest BCUT2D eigenvalue weighted by molar-refractivity contribution is -0.138. The lowest BCUT2D eigenvalue weighted by Crippen LogP contribution is -2.49. The normalized spacial score (nSPS) is 18.9. The monoisotopic (exact) mass is 874 g/mol. The molecule has 0 radical (unpaired) electrons. The summed E-state index contributed by atoms with van der Waals surface area (Å²) < 4.78 is 74.8.